The van der Waals surface area contributed by atoms with Gasteiger partial charge in [0.25, 0.3) is 0 Å². The second-order valence-electron chi connectivity index (χ2n) is 2.49. The van der Waals surface area contributed by atoms with Gasteiger partial charge >= 0.3 is 0 Å². The van der Waals surface area contributed by atoms with E-state index in [9.17, 15) is 0 Å². The van der Waals surface area contributed by atoms with Gasteiger partial charge in [0.2, 0.25) is 0 Å². The van der Waals surface area contributed by atoms with Crippen LogP contribution in [0.15, 0.2) is 22.8 Å². The average molecular weight is 216 g/mol. The van der Waals surface area contributed by atoms with Crippen molar-refractivity contribution in [2.24, 2.45) is 0 Å². The number of halogens is 1. The van der Waals surface area contributed by atoms with Gasteiger partial charge in [-0.3, -0.25) is 4.98 Å². The van der Waals surface area contributed by atoms with E-state index < -0.39 is 0 Å². The highest BCUT2D eigenvalue weighted by atomic mass is 79.9. The smallest absolute Gasteiger partial charge is 0.0571 e. The van der Waals surface area contributed by atoms with E-state index in [-0.39, 0.29) is 6.10 Å². The molecule has 2 nitrogen and oxygen atoms in total. The second-order valence-corrected chi connectivity index (χ2v) is 3.34. The lowest BCUT2D eigenvalue weighted by Gasteiger charge is -2.04. The Balaban J connectivity index is 2.78. The fourth-order valence-corrected chi connectivity index (χ4v) is 1.27. The summed E-state index contributed by atoms with van der Waals surface area (Å²) in [6.07, 6.45) is 1.99. The maximum Gasteiger partial charge on any atom is 0.0571 e. The van der Waals surface area contributed by atoms with Crippen molar-refractivity contribution in [3.8, 4) is 0 Å². The first-order valence-corrected chi connectivity index (χ1v) is 4.27. The topological polar surface area (TPSA) is 33.1 Å². The van der Waals surface area contributed by atoms with Crippen LogP contribution in [0.2, 0.25) is 0 Å². The Kier molecular flexibility index (Phi) is 3.02. The van der Waals surface area contributed by atoms with Crippen LogP contribution >= 0.6 is 15.9 Å². The monoisotopic (exact) mass is 215 g/mol. The molecule has 1 aromatic heterocycles. The van der Waals surface area contributed by atoms with Crippen molar-refractivity contribution in [2.45, 2.75) is 19.4 Å². The Morgan fingerprint density at radius 3 is 3.00 bits per heavy atom. The Labute approximate surface area is 74.4 Å². The molecule has 0 saturated heterocycles. The summed E-state index contributed by atoms with van der Waals surface area (Å²) in [4.78, 5) is 4.11. The van der Waals surface area contributed by atoms with Crippen molar-refractivity contribution < 1.29 is 5.11 Å². The van der Waals surface area contributed by atoms with Crippen LogP contribution in [-0.4, -0.2) is 16.2 Å². The summed E-state index contributed by atoms with van der Waals surface area (Å²) in [5.74, 6) is 0. The van der Waals surface area contributed by atoms with E-state index in [0.29, 0.717) is 6.42 Å². The van der Waals surface area contributed by atoms with Gasteiger partial charge in [-0.15, -0.1) is 0 Å². The van der Waals surface area contributed by atoms with Gasteiger partial charge in [-0.2, -0.15) is 0 Å². The van der Waals surface area contributed by atoms with Crippen molar-refractivity contribution in [3.05, 3.63) is 28.5 Å². The van der Waals surface area contributed by atoms with Crippen LogP contribution in [0.1, 0.15) is 12.6 Å². The third-order valence-corrected chi connectivity index (χ3v) is 2.05. The van der Waals surface area contributed by atoms with E-state index in [1.807, 2.05) is 12.1 Å². The highest BCUT2D eigenvalue weighted by Gasteiger charge is 2.02. The molecule has 1 N–H and O–H groups in total. The number of aliphatic hydroxyl groups is 1. The van der Waals surface area contributed by atoms with E-state index in [1.54, 1.807) is 13.1 Å². The molecule has 1 heterocycles. The maximum absolute atomic E-state index is 9.07. The summed E-state index contributed by atoms with van der Waals surface area (Å²) in [5.41, 5.74) is 0.905. The molecule has 0 aliphatic rings. The van der Waals surface area contributed by atoms with Gasteiger partial charge < -0.3 is 5.11 Å². The van der Waals surface area contributed by atoms with Gasteiger partial charge in [0.1, 0.15) is 0 Å². The Hall–Kier alpha value is -0.410. The lowest BCUT2D eigenvalue weighted by Crippen LogP contribution is -2.06. The molecule has 3 heteroatoms. The highest BCUT2D eigenvalue weighted by Crippen LogP contribution is 2.14. The van der Waals surface area contributed by atoms with Crippen molar-refractivity contribution in [1.29, 1.82) is 0 Å². The second kappa shape index (κ2) is 3.83. The van der Waals surface area contributed by atoms with Gasteiger partial charge in [0, 0.05) is 17.1 Å². The van der Waals surface area contributed by atoms with Gasteiger partial charge in [0.05, 0.1) is 11.8 Å². The number of aliphatic hydroxyl groups excluding tert-OH is 1. The minimum atomic E-state index is -0.332. The minimum absolute atomic E-state index is 0.332. The Morgan fingerprint density at radius 2 is 2.45 bits per heavy atom. The fourth-order valence-electron chi connectivity index (χ4n) is 0.848. The predicted octanol–water partition coefficient (Wildman–Crippen LogP) is 1.77. The lowest BCUT2D eigenvalue weighted by molar-refractivity contribution is 0.194. The zero-order valence-electron chi connectivity index (χ0n) is 6.29. The van der Waals surface area contributed by atoms with Crippen LogP contribution in [0.4, 0.5) is 0 Å². The molecule has 0 unspecified atom stereocenters. The zero-order chi connectivity index (χ0) is 8.27. The summed E-state index contributed by atoms with van der Waals surface area (Å²) >= 11 is 3.35. The molecule has 1 rings (SSSR count). The number of aromatic nitrogens is 1. The largest absolute Gasteiger partial charge is 0.393 e. The van der Waals surface area contributed by atoms with Gasteiger partial charge in [-0.05, 0) is 35.0 Å². The molecule has 0 spiro atoms. The lowest BCUT2D eigenvalue weighted by atomic mass is 10.2. The van der Waals surface area contributed by atoms with Crippen molar-refractivity contribution in [3.63, 3.8) is 0 Å². The molecule has 0 radical (unpaired) electrons. The number of nitrogens with zero attached hydrogens (tertiary/aromatic N) is 1. The summed E-state index contributed by atoms with van der Waals surface area (Å²) in [5, 5.41) is 9.07. The molecule has 60 valence electrons. The molecule has 0 aliphatic carbocycles. The number of hydrogen-bond acceptors (Lipinski definition) is 2. The predicted molar refractivity (Wildman–Crippen MR) is 47.3 cm³/mol. The maximum atomic E-state index is 9.07. The van der Waals surface area contributed by atoms with Crippen LogP contribution in [0.3, 0.4) is 0 Å². The van der Waals surface area contributed by atoms with Gasteiger partial charge in [-0.25, -0.2) is 0 Å². The number of rotatable bonds is 2. The SMILES string of the molecule is C[C@@H](O)Cc1ncccc1Br. The third kappa shape index (κ3) is 2.60. The van der Waals surface area contributed by atoms with Gasteiger partial charge in [-0.1, -0.05) is 0 Å². The summed E-state index contributed by atoms with van der Waals surface area (Å²) in [7, 11) is 0. The van der Waals surface area contributed by atoms with E-state index in [4.69, 9.17) is 5.11 Å². The van der Waals surface area contributed by atoms with Crippen molar-refractivity contribution in [1.82, 2.24) is 4.98 Å². The minimum Gasteiger partial charge on any atom is -0.393 e. The molecular weight excluding hydrogens is 206 g/mol. The molecule has 1 aromatic rings. The van der Waals surface area contributed by atoms with Crippen LogP contribution in [0.25, 0.3) is 0 Å². The summed E-state index contributed by atoms with van der Waals surface area (Å²) in [6, 6.07) is 3.78. The number of hydrogen-bond donors (Lipinski definition) is 1. The molecule has 0 aromatic carbocycles. The molecule has 11 heavy (non-hydrogen) atoms. The quantitative estimate of drug-likeness (QED) is 0.817. The van der Waals surface area contributed by atoms with E-state index in [0.717, 1.165) is 10.2 Å². The molecule has 0 saturated carbocycles. The van der Waals surface area contributed by atoms with E-state index >= 15 is 0 Å². The first-order chi connectivity index (χ1) is 5.20. The van der Waals surface area contributed by atoms with Crippen LogP contribution < -0.4 is 0 Å². The number of pyridine rings is 1. The molecule has 0 bridgehead atoms. The van der Waals surface area contributed by atoms with Crippen LogP contribution in [0, 0.1) is 0 Å². The first kappa shape index (κ1) is 8.68. The molecule has 0 aliphatic heterocycles. The van der Waals surface area contributed by atoms with Crippen LogP contribution in [0.5, 0.6) is 0 Å². The fraction of sp³-hybridized carbons (Fsp3) is 0.375. The van der Waals surface area contributed by atoms with Crippen LogP contribution in [-0.2, 0) is 6.42 Å². The molecule has 0 fully saturated rings. The van der Waals surface area contributed by atoms with Crippen molar-refractivity contribution >= 4 is 15.9 Å². The summed E-state index contributed by atoms with van der Waals surface area (Å²) in [6.45, 7) is 1.75. The highest BCUT2D eigenvalue weighted by molar-refractivity contribution is 9.10. The summed E-state index contributed by atoms with van der Waals surface area (Å²) < 4.78 is 0.959. The average Bonchev–Trinajstić information content (AvgIpc) is 1.93. The van der Waals surface area contributed by atoms with E-state index in [1.165, 1.54) is 0 Å². The standard InChI is InChI=1S/C8H10BrNO/c1-6(11)5-8-7(9)3-2-4-10-8/h2-4,6,11H,5H2,1H3/t6-/m1/s1. The molecule has 1 atom stereocenters. The van der Waals surface area contributed by atoms with Gasteiger partial charge in [0.15, 0.2) is 0 Å². The third-order valence-electron chi connectivity index (χ3n) is 1.32. The Bertz CT molecular complexity index is 237. The zero-order valence-corrected chi connectivity index (χ0v) is 7.87. The molecular formula is C8H10BrNO. The van der Waals surface area contributed by atoms with E-state index in [2.05, 4.69) is 20.9 Å². The molecule has 0 amide bonds. The Morgan fingerprint density at radius 1 is 1.73 bits per heavy atom. The van der Waals surface area contributed by atoms with Crippen molar-refractivity contribution in [2.75, 3.05) is 0 Å². The normalized spacial score (nSPS) is 13.0. The first-order valence-electron chi connectivity index (χ1n) is 3.47.